The molecule has 0 aliphatic carbocycles. The fourth-order valence-corrected chi connectivity index (χ4v) is 1.28. The van der Waals surface area contributed by atoms with Gasteiger partial charge in [0.15, 0.2) is 5.75 Å². The van der Waals surface area contributed by atoms with E-state index in [1.807, 2.05) is 6.07 Å². The first-order chi connectivity index (χ1) is 8.08. The number of nitrogens with zero attached hydrogens (tertiary/aromatic N) is 2. The van der Waals surface area contributed by atoms with Gasteiger partial charge in [0.2, 0.25) is 0 Å². The second-order valence-corrected chi connectivity index (χ2v) is 3.38. The van der Waals surface area contributed by atoms with Gasteiger partial charge in [-0.05, 0) is 12.5 Å². The summed E-state index contributed by atoms with van der Waals surface area (Å²) in [5, 5.41) is 19.2. The molecule has 0 aliphatic rings. The maximum Gasteiger partial charge on any atom is 0.311 e. The highest BCUT2D eigenvalue weighted by molar-refractivity contribution is 5.46. The van der Waals surface area contributed by atoms with Gasteiger partial charge in [-0.15, -0.1) is 0 Å². The van der Waals surface area contributed by atoms with E-state index < -0.39 is 16.8 Å². The Balaban J connectivity index is 2.99. The van der Waals surface area contributed by atoms with Crippen LogP contribution < -0.4 is 4.74 Å². The lowest BCUT2D eigenvalue weighted by Crippen LogP contribution is -2.15. The third-order valence-electron chi connectivity index (χ3n) is 2.19. The summed E-state index contributed by atoms with van der Waals surface area (Å²) in [5.41, 5.74) is -0.303. The van der Waals surface area contributed by atoms with Gasteiger partial charge in [0, 0.05) is 12.1 Å². The SMILES string of the molecule is CCC(CC#N)Oc1cc(F)ccc1[N+](=O)[O-]. The summed E-state index contributed by atoms with van der Waals surface area (Å²) in [6, 6.07) is 4.91. The van der Waals surface area contributed by atoms with Crippen LogP contribution in [0.1, 0.15) is 19.8 Å². The van der Waals surface area contributed by atoms with Crippen molar-refractivity contribution < 1.29 is 14.1 Å². The molecule has 0 heterocycles. The number of nitro benzene ring substituents is 1. The molecular weight excluding hydrogens is 227 g/mol. The van der Waals surface area contributed by atoms with E-state index in [2.05, 4.69) is 0 Å². The van der Waals surface area contributed by atoms with Crippen LogP contribution in [0.5, 0.6) is 5.75 Å². The summed E-state index contributed by atoms with van der Waals surface area (Å²) in [4.78, 5) is 10.1. The van der Waals surface area contributed by atoms with Crippen LogP contribution in [0.15, 0.2) is 18.2 Å². The van der Waals surface area contributed by atoms with Crippen LogP contribution in [0, 0.1) is 27.3 Å². The van der Waals surface area contributed by atoms with Crippen LogP contribution in [0.3, 0.4) is 0 Å². The molecule has 0 aliphatic heterocycles. The molecule has 0 N–H and O–H groups in total. The number of hydrogen-bond acceptors (Lipinski definition) is 4. The second kappa shape index (κ2) is 5.80. The number of nitriles is 1. The second-order valence-electron chi connectivity index (χ2n) is 3.38. The smallest absolute Gasteiger partial charge is 0.311 e. The summed E-state index contributed by atoms with van der Waals surface area (Å²) in [6.07, 6.45) is 0.145. The molecule has 1 aromatic rings. The summed E-state index contributed by atoms with van der Waals surface area (Å²) in [5.74, 6) is -0.755. The molecule has 1 atom stereocenters. The highest BCUT2D eigenvalue weighted by Crippen LogP contribution is 2.29. The zero-order chi connectivity index (χ0) is 12.8. The highest BCUT2D eigenvalue weighted by Gasteiger charge is 2.19. The Hall–Kier alpha value is -2.16. The topological polar surface area (TPSA) is 76.2 Å². The van der Waals surface area contributed by atoms with Crippen molar-refractivity contribution in [2.75, 3.05) is 0 Å². The maximum absolute atomic E-state index is 13.0. The molecule has 0 saturated carbocycles. The van der Waals surface area contributed by atoms with Gasteiger partial charge in [0.05, 0.1) is 17.4 Å². The minimum absolute atomic E-state index is 0.101. The number of rotatable bonds is 5. The van der Waals surface area contributed by atoms with Gasteiger partial charge in [-0.3, -0.25) is 10.1 Å². The van der Waals surface area contributed by atoms with E-state index in [4.69, 9.17) is 10.00 Å². The fraction of sp³-hybridized carbons (Fsp3) is 0.364. The number of nitro groups is 1. The van der Waals surface area contributed by atoms with Gasteiger partial charge >= 0.3 is 5.69 Å². The Morgan fingerprint density at radius 3 is 2.88 bits per heavy atom. The molecule has 0 amide bonds. The van der Waals surface area contributed by atoms with E-state index in [9.17, 15) is 14.5 Å². The lowest BCUT2D eigenvalue weighted by Gasteiger charge is -2.14. The van der Waals surface area contributed by atoms with Crippen molar-refractivity contribution in [3.63, 3.8) is 0 Å². The summed E-state index contributed by atoms with van der Waals surface area (Å²) in [6.45, 7) is 1.78. The quantitative estimate of drug-likeness (QED) is 0.583. The molecule has 17 heavy (non-hydrogen) atoms. The molecule has 6 heteroatoms. The van der Waals surface area contributed by atoms with Crippen molar-refractivity contribution in [2.45, 2.75) is 25.9 Å². The van der Waals surface area contributed by atoms with Crippen molar-refractivity contribution in [2.24, 2.45) is 0 Å². The first kappa shape index (κ1) is 12.9. The largest absolute Gasteiger partial charge is 0.482 e. The number of hydrogen-bond donors (Lipinski definition) is 0. The Kier molecular flexibility index (Phi) is 4.40. The Labute approximate surface area is 97.6 Å². The van der Waals surface area contributed by atoms with Crippen molar-refractivity contribution in [3.05, 3.63) is 34.1 Å². The van der Waals surface area contributed by atoms with Crippen LogP contribution in [-0.2, 0) is 0 Å². The minimum Gasteiger partial charge on any atom is -0.482 e. The summed E-state index contributed by atoms with van der Waals surface area (Å²) < 4.78 is 18.3. The number of ether oxygens (including phenoxy) is 1. The normalized spacial score (nSPS) is 11.6. The van der Waals surface area contributed by atoms with Crippen molar-refractivity contribution in [3.8, 4) is 11.8 Å². The van der Waals surface area contributed by atoms with Crippen molar-refractivity contribution in [1.82, 2.24) is 0 Å². The van der Waals surface area contributed by atoms with E-state index in [1.165, 1.54) is 0 Å². The van der Waals surface area contributed by atoms with Crippen LogP contribution in [-0.4, -0.2) is 11.0 Å². The molecule has 5 nitrogen and oxygen atoms in total. The molecular formula is C11H11FN2O3. The van der Waals surface area contributed by atoms with Crippen LogP contribution in [0.25, 0.3) is 0 Å². The van der Waals surface area contributed by atoms with Gasteiger partial charge < -0.3 is 4.74 Å². The molecule has 0 bridgehead atoms. The molecule has 0 aromatic heterocycles. The van der Waals surface area contributed by atoms with Gasteiger partial charge in [-0.25, -0.2) is 4.39 Å². The van der Waals surface area contributed by atoms with E-state index >= 15 is 0 Å². The molecule has 0 saturated heterocycles. The maximum atomic E-state index is 13.0. The summed E-state index contributed by atoms with van der Waals surface area (Å²) in [7, 11) is 0. The average molecular weight is 238 g/mol. The standard InChI is InChI=1S/C11H11FN2O3/c1-2-9(5-6-13)17-11-7-8(12)3-4-10(11)14(15)16/h3-4,7,9H,2,5H2,1H3. The molecule has 1 rings (SSSR count). The van der Waals surface area contributed by atoms with E-state index in [-0.39, 0.29) is 17.9 Å². The van der Waals surface area contributed by atoms with Crippen LogP contribution >= 0.6 is 0 Å². The van der Waals surface area contributed by atoms with Gasteiger partial charge in [0.25, 0.3) is 0 Å². The zero-order valence-corrected chi connectivity index (χ0v) is 9.22. The third kappa shape index (κ3) is 3.41. The fourth-order valence-electron chi connectivity index (χ4n) is 1.28. The Morgan fingerprint density at radius 1 is 1.65 bits per heavy atom. The van der Waals surface area contributed by atoms with E-state index in [1.54, 1.807) is 6.92 Å². The van der Waals surface area contributed by atoms with Gasteiger partial charge in [-0.1, -0.05) is 6.92 Å². The molecule has 0 spiro atoms. The van der Waals surface area contributed by atoms with Crippen LogP contribution in [0.4, 0.5) is 10.1 Å². The first-order valence-electron chi connectivity index (χ1n) is 5.06. The Bertz CT molecular complexity index is 457. The molecule has 0 fully saturated rings. The molecule has 0 radical (unpaired) electrons. The van der Waals surface area contributed by atoms with E-state index in [0.717, 1.165) is 18.2 Å². The number of benzene rings is 1. The molecule has 1 unspecified atom stereocenters. The molecule has 90 valence electrons. The first-order valence-corrected chi connectivity index (χ1v) is 5.06. The highest BCUT2D eigenvalue weighted by atomic mass is 19.1. The van der Waals surface area contributed by atoms with Gasteiger partial charge in [0.1, 0.15) is 11.9 Å². The monoisotopic (exact) mass is 238 g/mol. The molecule has 1 aromatic carbocycles. The van der Waals surface area contributed by atoms with Crippen LogP contribution in [0.2, 0.25) is 0 Å². The predicted octanol–water partition coefficient (Wildman–Crippen LogP) is 2.80. The van der Waals surface area contributed by atoms with Gasteiger partial charge in [-0.2, -0.15) is 5.26 Å². The lowest BCUT2D eigenvalue weighted by atomic mass is 10.2. The Morgan fingerprint density at radius 2 is 2.35 bits per heavy atom. The minimum atomic E-state index is -0.645. The summed E-state index contributed by atoms with van der Waals surface area (Å²) >= 11 is 0. The lowest BCUT2D eigenvalue weighted by molar-refractivity contribution is -0.386. The van der Waals surface area contributed by atoms with Crippen molar-refractivity contribution in [1.29, 1.82) is 5.26 Å². The third-order valence-corrected chi connectivity index (χ3v) is 2.19. The van der Waals surface area contributed by atoms with Crippen molar-refractivity contribution >= 4 is 5.69 Å². The average Bonchev–Trinajstić information content (AvgIpc) is 2.28. The number of halogens is 1. The predicted molar refractivity (Wildman–Crippen MR) is 58.0 cm³/mol. The van der Waals surface area contributed by atoms with E-state index in [0.29, 0.717) is 6.42 Å². The zero-order valence-electron chi connectivity index (χ0n) is 9.22.